The standard InChI is InChI=1S/C16H28N2O5/c1-6-11(4)14(22-5)15(20)18-13(8-7-12(19)9-17)16(21)23-10(2)3/h9-11,13-14,17H,6-8H2,1-5H3,(H,18,20)/t11?,13-,14-/m0/s1. The predicted molar refractivity (Wildman–Crippen MR) is 86.4 cm³/mol. The Labute approximate surface area is 137 Å². The molecule has 7 heteroatoms. The van der Waals surface area contributed by atoms with Crippen LogP contribution < -0.4 is 5.32 Å². The lowest BCUT2D eigenvalue weighted by atomic mass is 10.0. The Balaban J connectivity index is 4.96. The molecule has 0 aromatic heterocycles. The van der Waals surface area contributed by atoms with Gasteiger partial charge in [0.15, 0.2) is 5.78 Å². The third-order valence-corrected chi connectivity index (χ3v) is 3.47. The topological polar surface area (TPSA) is 106 Å². The molecule has 2 N–H and O–H groups in total. The highest BCUT2D eigenvalue weighted by molar-refractivity contribution is 6.26. The fourth-order valence-corrected chi connectivity index (χ4v) is 1.99. The van der Waals surface area contributed by atoms with Crippen LogP contribution in [-0.2, 0) is 23.9 Å². The molecule has 0 aliphatic carbocycles. The van der Waals surface area contributed by atoms with Gasteiger partial charge >= 0.3 is 5.97 Å². The summed E-state index contributed by atoms with van der Waals surface area (Å²) in [6.07, 6.45) is 0.523. The van der Waals surface area contributed by atoms with Crippen LogP contribution in [-0.4, -0.2) is 49.2 Å². The molecule has 0 bridgehead atoms. The number of hydrogen-bond acceptors (Lipinski definition) is 6. The second-order valence-corrected chi connectivity index (χ2v) is 5.74. The summed E-state index contributed by atoms with van der Waals surface area (Å²) >= 11 is 0. The Kier molecular flexibility index (Phi) is 10.0. The molecule has 0 aromatic carbocycles. The lowest BCUT2D eigenvalue weighted by molar-refractivity contribution is -0.153. The fourth-order valence-electron chi connectivity index (χ4n) is 1.99. The summed E-state index contributed by atoms with van der Waals surface area (Å²) in [6, 6.07) is -0.935. The van der Waals surface area contributed by atoms with Crippen molar-refractivity contribution in [1.29, 1.82) is 5.41 Å². The van der Waals surface area contributed by atoms with E-state index in [2.05, 4.69) is 5.32 Å². The van der Waals surface area contributed by atoms with Crippen LogP contribution in [0.4, 0.5) is 0 Å². The van der Waals surface area contributed by atoms with Gasteiger partial charge in [0.1, 0.15) is 12.1 Å². The van der Waals surface area contributed by atoms with E-state index in [-0.39, 0.29) is 24.9 Å². The number of Topliss-reactive ketones (excluding diaryl/α,β-unsaturated/α-hetero) is 1. The first-order valence-corrected chi connectivity index (χ1v) is 7.83. The highest BCUT2D eigenvalue weighted by atomic mass is 16.5. The quantitative estimate of drug-likeness (QED) is 0.441. The number of amides is 1. The van der Waals surface area contributed by atoms with E-state index < -0.39 is 29.8 Å². The molecule has 1 unspecified atom stereocenters. The lowest BCUT2D eigenvalue weighted by Gasteiger charge is -2.24. The Hall–Kier alpha value is -1.76. The largest absolute Gasteiger partial charge is 0.461 e. The van der Waals surface area contributed by atoms with Crippen molar-refractivity contribution in [3.05, 3.63) is 0 Å². The number of nitrogens with one attached hydrogen (secondary N) is 2. The van der Waals surface area contributed by atoms with E-state index in [1.807, 2.05) is 13.8 Å². The fraction of sp³-hybridized carbons (Fsp3) is 0.750. The summed E-state index contributed by atoms with van der Waals surface area (Å²) in [7, 11) is 1.44. The molecule has 0 aliphatic rings. The first kappa shape index (κ1) is 21.2. The summed E-state index contributed by atoms with van der Waals surface area (Å²) in [5, 5.41) is 9.50. The minimum atomic E-state index is -0.935. The van der Waals surface area contributed by atoms with Crippen molar-refractivity contribution in [3.8, 4) is 0 Å². The van der Waals surface area contributed by atoms with Crippen molar-refractivity contribution < 1.29 is 23.9 Å². The van der Waals surface area contributed by atoms with Crippen molar-refractivity contribution in [3.63, 3.8) is 0 Å². The number of carbonyl (C=O) groups is 3. The van der Waals surface area contributed by atoms with Gasteiger partial charge in [-0.05, 0) is 26.2 Å². The van der Waals surface area contributed by atoms with Gasteiger partial charge in [-0.2, -0.15) is 0 Å². The molecule has 0 saturated carbocycles. The van der Waals surface area contributed by atoms with Crippen LogP contribution in [0.1, 0.15) is 47.0 Å². The molecule has 0 aliphatic heterocycles. The monoisotopic (exact) mass is 328 g/mol. The summed E-state index contributed by atoms with van der Waals surface area (Å²) in [6.45, 7) is 7.23. The van der Waals surface area contributed by atoms with Crippen LogP contribution in [0.15, 0.2) is 0 Å². The van der Waals surface area contributed by atoms with E-state index >= 15 is 0 Å². The zero-order valence-corrected chi connectivity index (χ0v) is 14.5. The molecule has 0 fully saturated rings. The highest BCUT2D eigenvalue weighted by Crippen LogP contribution is 2.12. The Morgan fingerprint density at radius 2 is 1.83 bits per heavy atom. The SMILES string of the molecule is CCC(C)[C@H](OC)C(=O)N[C@@H](CCC(=O)C=N)C(=O)OC(C)C. The minimum Gasteiger partial charge on any atom is -0.461 e. The molecule has 1 amide bonds. The van der Waals surface area contributed by atoms with Gasteiger partial charge < -0.3 is 20.2 Å². The number of methoxy groups -OCH3 is 1. The van der Waals surface area contributed by atoms with E-state index in [4.69, 9.17) is 14.9 Å². The van der Waals surface area contributed by atoms with Crippen molar-refractivity contribution in [2.75, 3.05) is 7.11 Å². The van der Waals surface area contributed by atoms with Gasteiger partial charge in [-0.1, -0.05) is 20.3 Å². The van der Waals surface area contributed by atoms with Crippen molar-refractivity contribution in [1.82, 2.24) is 5.32 Å². The number of ketones is 1. The number of hydrogen-bond donors (Lipinski definition) is 2. The first-order chi connectivity index (χ1) is 10.8. The van der Waals surface area contributed by atoms with Crippen molar-refractivity contribution in [2.45, 2.75) is 65.2 Å². The van der Waals surface area contributed by atoms with E-state index in [0.717, 1.165) is 6.42 Å². The summed E-state index contributed by atoms with van der Waals surface area (Å²) in [4.78, 5) is 35.7. The molecule has 0 radical (unpaired) electrons. The van der Waals surface area contributed by atoms with E-state index in [9.17, 15) is 14.4 Å². The van der Waals surface area contributed by atoms with Gasteiger partial charge in [-0.3, -0.25) is 9.59 Å². The molecule has 0 spiro atoms. The first-order valence-electron chi connectivity index (χ1n) is 7.83. The van der Waals surface area contributed by atoms with Crippen LogP contribution in [0.25, 0.3) is 0 Å². The maximum Gasteiger partial charge on any atom is 0.328 e. The van der Waals surface area contributed by atoms with Gasteiger partial charge in [0.25, 0.3) is 0 Å². The minimum absolute atomic E-state index is 0.00928. The molecule has 0 saturated heterocycles. The maximum atomic E-state index is 12.3. The van der Waals surface area contributed by atoms with E-state index in [1.54, 1.807) is 13.8 Å². The second-order valence-electron chi connectivity index (χ2n) is 5.74. The van der Waals surface area contributed by atoms with Crippen LogP contribution in [0.2, 0.25) is 0 Å². The number of ether oxygens (including phenoxy) is 2. The van der Waals surface area contributed by atoms with Gasteiger partial charge in [-0.25, -0.2) is 4.79 Å². The van der Waals surface area contributed by atoms with Crippen LogP contribution >= 0.6 is 0 Å². The summed E-state index contributed by atoms with van der Waals surface area (Å²) in [5.41, 5.74) is 0. The zero-order chi connectivity index (χ0) is 18.0. The highest BCUT2D eigenvalue weighted by Gasteiger charge is 2.29. The molecule has 0 heterocycles. The summed E-state index contributed by atoms with van der Waals surface area (Å²) < 4.78 is 10.3. The molecule has 132 valence electrons. The molecular formula is C16H28N2O5. The van der Waals surface area contributed by atoms with Gasteiger partial charge in [-0.15, -0.1) is 0 Å². The second kappa shape index (κ2) is 10.9. The molecule has 23 heavy (non-hydrogen) atoms. The van der Waals surface area contributed by atoms with E-state index in [1.165, 1.54) is 7.11 Å². The normalized spacial score (nSPS) is 14.7. The average molecular weight is 328 g/mol. The molecular weight excluding hydrogens is 300 g/mol. The lowest BCUT2D eigenvalue weighted by Crippen LogP contribution is -2.49. The van der Waals surface area contributed by atoms with Crippen molar-refractivity contribution in [2.24, 2.45) is 5.92 Å². The Bertz CT molecular complexity index is 423. The smallest absolute Gasteiger partial charge is 0.328 e. The van der Waals surface area contributed by atoms with Gasteiger partial charge in [0.2, 0.25) is 5.91 Å². The summed E-state index contributed by atoms with van der Waals surface area (Å²) in [5.74, 6) is -1.42. The van der Waals surface area contributed by atoms with Crippen LogP contribution in [0, 0.1) is 11.3 Å². The predicted octanol–water partition coefficient (Wildman–Crippen LogP) is 1.48. The number of rotatable bonds is 11. The number of carbonyl (C=O) groups excluding carboxylic acids is 3. The van der Waals surface area contributed by atoms with Crippen LogP contribution in [0.3, 0.4) is 0 Å². The van der Waals surface area contributed by atoms with Gasteiger partial charge in [0.05, 0.1) is 12.3 Å². The third kappa shape index (κ3) is 7.88. The number of esters is 1. The average Bonchev–Trinajstić information content (AvgIpc) is 2.50. The Morgan fingerprint density at radius 1 is 1.22 bits per heavy atom. The van der Waals surface area contributed by atoms with E-state index in [0.29, 0.717) is 6.21 Å². The third-order valence-electron chi connectivity index (χ3n) is 3.47. The molecule has 0 rings (SSSR count). The van der Waals surface area contributed by atoms with Crippen molar-refractivity contribution >= 4 is 23.9 Å². The molecule has 0 aromatic rings. The maximum absolute atomic E-state index is 12.3. The Morgan fingerprint density at radius 3 is 2.26 bits per heavy atom. The molecule has 3 atom stereocenters. The molecule has 7 nitrogen and oxygen atoms in total. The van der Waals surface area contributed by atoms with Crippen LogP contribution in [0.5, 0.6) is 0 Å². The zero-order valence-electron chi connectivity index (χ0n) is 14.5. The van der Waals surface area contributed by atoms with Gasteiger partial charge in [0, 0.05) is 13.5 Å².